The molecule has 1 aromatic heterocycles. The van der Waals surface area contributed by atoms with Gasteiger partial charge in [-0.3, -0.25) is 14.5 Å². The maximum Gasteiger partial charge on any atom is 0.265 e. The fourth-order valence-corrected chi connectivity index (χ4v) is 2.97. The van der Waals surface area contributed by atoms with E-state index in [4.69, 9.17) is 4.74 Å². The lowest BCUT2D eigenvalue weighted by Gasteiger charge is -2.29. The summed E-state index contributed by atoms with van der Waals surface area (Å²) in [5.41, 5.74) is 4.09. The third-order valence-electron chi connectivity index (χ3n) is 3.64. The maximum atomic E-state index is 12.2. The highest BCUT2D eigenvalue weighted by Crippen LogP contribution is 2.35. The molecule has 1 aliphatic heterocycles. The van der Waals surface area contributed by atoms with Crippen molar-refractivity contribution >= 4 is 28.8 Å². The van der Waals surface area contributed by atoms with Crippen LogP contribution in [0.1, 0.15) is 13.8 Å². The third-order valence-corrected chi connectivity index (χ3v) is 4.23. The molecule has 126 valence electrons. The fraction of sp³-hybridized carbons (Fsp3) is 0.353. The lowest BCUT2D eigenvalue weighted by molar-refractivity contribution is -0.125. The molecule has 0 aliphatic carbocycles. The molecule has 1 N–H and O–H groups in total. The molecular formula is C17H19N3O3S. The minimum atomic E-state index is -0.224. The normalized spacial score (nSPS) is 13.6. The van der Waals surface area contributed by atoms with E-state index in [9.17, 15) is 9.59 Å². The number of rotatable bonds is 5. The number of carbonyl (C=O) groups is 2. The number of carbonyl (C=O) groups excluding carboxylic acids is 2. The minimum absolute atomic E-state index is 0.0115. The Bertz CT molecular complexity index is 744. The molecule has 2 heterocycles. The van der Waals surface area contributed by atoms with Gasteiger partial charge in [0.2, 0.25) is 5.91 Å². The molecule has 2 amide bonds. The van der Waals surface area contributed by atoms with Crippen LogP contribution < -0.4 is 15.0 Å². The van der Waals surface area contributed by atoms with Crippen molar-refractivity contribution in [1.29, 1.82) is 0 Å². The quantitative estimate of drug-likeness (QED) is 0.903. The number of hydrogen-bond acceptors (Lipinski definition) is 5. The Balaban J connectivity index is 1.84. The van der Waals surface area contributed by atoms with Crippen LogP contribution in [0.15, 0.2) is 29.1 Å². The lowest BCUT2D eigenvalue weighted by Crippen LogP contribution is -2.45. The molecule has 0 saturated heterocycles. The van der Waals surface area contributed by atoms with Crippen LogP contribution in [-0.4, -0.2) is 36.5 Å². The molecule has 1 aromatic carbocycles. The van der Waals surface area contributed by atoms with Gasteiger partial charge in [0.1, 0.15) is 12.3 Å². The second-order valence-corrected chi connectivity index (χ2v) is 6.74. The Morgan fingerprint density at radius 3 is 3.00 bits per heavy atom. The summed E-state index contributed by atoms with van der Waals surface area (Å²) in [6.07, 6.45) is 0. The summed E-state index contributed by atoms with van der Waals surface area (Å²) < 4.78 is 5.48. The number of ether oxygens (including phenoxy) is 1. The summed E-state index contributed by atoms with van der Waals surface area (Å²) in [6.45, 7) is 4.57. The van der Waals surface area contributed by atoms with Gasteiger partial charge in [0.15, 0.2) is 6.61 Å². The van der Waals surface area contributed by atoms with E-state index in [1.807, 2.05) is 37.4 Å². The van der Waals surface area contributed by atoms with E-state index in [1.54, 1.807) is 5.51 Å². The van der Waals surface area contributed by atoms with Crippen molar-refractivity contribution in [3.05, 3.63) is 29.1 Å². The van der Waals surface area contributed by atoms with Crippen LogP contribution in [0.2, 0.25) is 0 Å². The molecule has 0 bridgehead atoms. The first-order valence-electron chi connectivity index (χ1n) is 7.77. The highest BCUT2D eigenvalue weighted by atomic mass is 32.1. The molecule has 0 saturated carbocycles. The number of benzene rings is 1. The van der Waals surface area contributed by atoms with E-state index in [2.05, 4.69) is 10.3 Å². The number of fused-ring (bicyclic) bond motifs is 1. The molecule has 0 atom stereocenters. The van der Waals surface area contributed by atoms with Crippen LogP contribution in [0.4, 0.5) is 5.69 Å². The first kappa shape index (κ1) is 16.4. The standard InChI is InChI=1S/C17H19N3O3S/c1-11(2)6-18-16(21)7-20-14-5-12(13-9-24-10-19-13)3-4-15(14)23-8-17(20)22/h3-5,9-11H,6-8H2,1-2H3,(H,18,21). The van der Waals surface area contributed by atoms with Gasteiger partial charge in [0.25, 0.3) is 5.91 Å². The Kier molecular flexibility index (Phi) is 4.80. The molecule has 2 aromatic rings. The van der Waals surface area contributed by atoms with Crippen LogP contribution in [0, 0.1) is 5.92 Å². The van der Waals surface area contributed by atoms with Crippen molar-refractivity contribution in [3.8, 4) is 17.0 Å². The highest BCUT2D eigenvalue weighted by Gasteiger charge is 2.27. The highest BCUT2D eigenvalue weighted by molar-refractivity contribution is 7.07. The second kappa shape index (κ2) is 7.00. The third kappa shape index (κ3) is 3.56. The zero-order valence-corrected chi connectivity index (χ0v) is 14.4. The summed E-state index contributed by atoms with van der Waals surface area (Å²) in [6, 6.07) is 5.56. The molecule has 1 aliphatic rings. The van der Waals surface area contributed by atoms with Crippen LogP contribution in [-0.2, 0) is 9.59 Å². The van der Waals surface area contributed by atoms with Gasteiger partial charge in [-0.1, -0.05) is 13.8 Å². The summed E-state index contributed by atoms with van der Waals surface area (Å²) in [5, 5.41) is 4.78. The lowest BCUT2D eigenvalue weighted by atomic mass is 10.1. The van der Waals surface area contributed by atoms with Crippen molar-refractivity contribution < 1.29 is 14.3 Å². The van der Waals surface area contributed by atoms with E-state index in [0.717, 1.165) is 11.3 Å². The van der Waals surface area contributed by atoms with Gasteiger partial charge in [0.05, 0.1) is 16.9 Å². The fourth-order valence-electron chi connectivity index (χ4n) is 2.41. The number of aromatic nitrogens is 1. The monoisotopic (exact) mass is 345 g/mol. The maximum absolute atomic E-state index is 12.2. The van der Waals surface area contributed by atoms with Gasteiger partial charge in [-0.25, -0.2) is 4.98 Å². The van der Waals surface area contributed by atoms with Crippen molar-refractivity contribution in [2.45, 2.75) is 13.8 Å². The summed E-state index contributed by atoms with van der Waals surface area (Å²) >= 11 is 1.51. The number of hydrogen-bond donors (Lipinski definition) is 1. The van der Waals surface area contributed by atoms with Gasteiger partial charge in [-0.2, -0.15) is 0 Å². The number of amides is 2. The largest absolute Gasteiger partial charge is 0.482 e. The van der Waals surface area contributed by atoms with Gasteiger partial charge in [-0.05, 0) is 24.1 Å². The molecule has 7 heteroatoms. The predicted molar refractivity (Wildman–Crippen MR) is 93.2 cm³/mol. The number of nitrogens with zero attached hydrogens (tertiary/aromatic N) is 2. The average molecular weight is 345 g/mol. The molecule has 0 spiro atoms. The first-order chi connectivity index (χ1) is 11.5. The molecule has 24 heavy (non-hydrogen) atoms. The molecular weight excluding hydrogens is 326 g/mol. The van der Waals surface area contributed by atoms with Crippen LogP contribution in [0.5, 0.6) is 5.75 Å². The second-order valence-electron chi connectivity index (χ2n) is 6.02. The van der Waals surface area contributed by atoms with Crippen LogP contribution in [0.3, 0.4) is 0 Å². The van der Waals surface area contributed by atoms with Crippen molar-refractivity contribution in [2.24, 2.45) is 5.92 Å². The summed E-state index contributed by atoms with van der Waals surface area (Å²) in [5.74, 6) is 0.560. The van der Waals surface area contributed by atoms with E-state index in [1.165, 1.54) is 16.2 Å². The van der Waals surface area contributed by atoms with E-state index < -0.39 is 0 Å². The van der Waals surface area contributed by atoms with Crippen molar-refractivity contribution in [2.75, 3.05) is 24.6 Å². The van der Waals surface area contributed by atoms with Crippen LogP contribution in [0.25, 0.3) is 11.3 Å². The van der Waals surface area contributed by atoms with Crippen LogP contribution >= 0.6 is 11.3 Å². The van der Waals surface area contributed by atoms with E-state index in [0.29, 0.717) is 23.9 Å². The first-order valence-corrected chi connectivity index (χ1v) is 8.71. The van der Waals surface area contributed by atoms with E-state index >= 15 is 0 Å². The van der Waals surface area contributed by atoms with Gasteiger partial charge in [0, 0.05) is 17.5 Å². The summed E-state index contributed by atoms with van der Waals surface area (Å²) in [7, 11) is 0. The molecule has 0 radical (unpaired) electrons. The molecule has 6 nitrogen and oxygen atoms in total. The zero-order valence-electron chi connectivity index (χ0n) is 13.6. The summed E-state index contributed by atoms with van der Waals surface area (Å²) in [4.78, 5) is 30.1. The SMILES string of the molecule is CC(C)CNC(=O)CN1C(=O)COc2ccc(-c3cscn3)cc21. The Morgan fingerprint density at radius 2 is 2.29 bits per heavy atom. The number of thiazole rings is 1. The molecule has 3 rings (SSSR count). The number of nitrogens with one attached hydrogen (secondary N) is 1. The minimum Gasteiger partial charge on any atom is -0.482 e. The van der Waals surface area contributed by atoms with Gasteiger partial charge >= 0.3 is 0 Å². The van der Waals surface area contributed by atoms with Crippen molar-refractivity contribution in [1.82, 2.24) is 10.3 Å². The Hall–Kier alpha value is -2.41. The zero-order chi connectivity index (χ0) is 17.1. The average Bonchev–Trinajstić information content (AvgIpc) is 3.09. The smallest absolute Gasteiger partial charge is 0.265 e. The van der Waals surface area contributed by atoms with E-state index in [-0.39, 0.29) is 25.0 Å². The predicted octanol–water partition coefficient (Wildman–Crippen LogP) is 2.31. The molecule has 0 unspecified atom stereocenters. The topological polar surface area (TPSA) is 71.5 Å². The Labute approximate surface area is 144 Å². The molecule has 0 fully saturated rings. The van der Waals surface area contributed by atoms with Gasteiger partial charge < -0.3 is 10.1 Å². The Morgan fingerprint density at radius 1 is 1.46 bits per heavy atom. The van der Waals surface area contributed by atoms with Gasteiger partial charge in [-0.15, -0.1) is 11.3 Å². The van der Waals surface area contributed by atoms with Crippen molar-refractivity contribution in [3.63, 3.8) is 0 Å². The number of anilines is 1.